The average Bonchev–Trinajstić information content (AvgIpc) is 2.55. The molecular formula is C18H15N5O2. The number of hydrogen-bond acceptors (Lipinski definition) is 6. The van der Waals surface area contributed by atoms with Crippen molar-refractivity contribution in [3.05, 3.63) is 53.1 Å². The number of rotatable bonds is 5. The number of anilines is 3. The molecule has 0 heterocycles. The van der Waals surface area contributed by atoms with Crippen molar-refractivity contribution >= 4 is 28.7 Å². The fraction of sp³-hybridized carbons (Fsp3) is 0.111. The van der Waals surface area contributed by atoms with Gasteiger partial charge in [-0.3, -0.25) is 5.43 Å². The van der Waals surface area contributed by atoms with Crippen LogP contribution in [0.3, 0.4) is 0 Å². The van der Waals surface area contributed by atoms with Crippen molar-refractivity contribution < 1.29 is 9.90 Å². The van der Waals surface area contributed by atoms with Crippen LogP contribution in [0.25, 0.3) is 0 Å². The van der Waals surface area contributed by atoms with Crippen molar-refractivity contribution in [3.63, 3.8) is 0 Å². The molecule has 0 amide bonds. The minimum Gasteiger partial charge on any atom is -0.478 e. The van der Waals surface area contributed by atoms with Gasteiger partial charge in [-0.15, -0.1) is 0 Å². The van der Waals surface area contributed by atoms with Crippen LogP contribution in [-0.2, 0) is 0 Å². The van der Waals surface area contributed by atoms with Gasteiger partial charge in [0.25, 0.3) is 0 Å². The molecule has 0 radical (unpaired) electrons. The first-order valence-corrected chi connectivity index (χ1v) is 7.30. The Bertz CT molecular complexity index is 899. The number of carboxylic acids is 1. The molecule has 0 saturated heterocycles. The van der Waals surface area contributed by atoms with Crippen LogP contribution in [0.15, 0.2) is 41.5 Å². The molecule has 0 fully saturated rings. The number of nitriles is 2. The molecule has 0 aliphatic heterocycles. The Kier molecular flexibility index (Phi) is 5.34. The van der Waals surface area contributed by atoms with Crippen LogP contribution >= 0.6 is 0 Å². The highest BCUT2D eigenvalue weighted by atomic mass is 16.4. The second-order valence-electron chi connectivity index (χ2n) is 5.33. The zero-order valence-electron chi connectivity index (χ0n) is 13.7. The standard InChI is InChI=1S/C18H15N5O2/c1-11-6-12(2)8-13(7-11)21-17-15(18(24)25)4-3-5-16(17)23-22-14(9-19)10-20/h3-8,21,23H,1-2H3,(H,24,25). The van der Waals surface area contributed by atoms with Crippen molar-refractivity contribution in [1.29, 1.82) is 10.5 Å². The lowest BCUT2D eigenvalue weighted by atomic mass is 10.1. The topological polar surface area (TPSA) is 121 Å². The lowest BCUT2D eigenvalue weighted by Gasteiger charge is -2.15. The van der Waals surface area contributed by atoms with Gasteiger partial charge < -0.3 is 10.4 Å². The Hall–Kier alpha value is -3.84. The Morgan fingerprint density at radius 2 is 1.76 bits per heavy atom. The van der Waals surface area contributed by atoms with Crippen molar-refractivity contribution in [3.8, 4) is 12.1 Å². The number of para-hydroxylation sites is 1. The first-order chi connectivity index (χ1) is 11.9. The van der Waals surface area contributed by atoms with E-state index in [-0.39, 0.29) is 11.3 Å². The Balaban J connectivity index is 2.50. The molecule has 2 aromatic carbocycles. The van der Waals surface area contributed by atoms with Gasteiger partial charge in [0.1, 0.15) is 12.1 Å². The van der Waals surface area contributed by atoms with Crippen molar-refractivity contribution in [2.24, 2.45) is 5.10 Å². The van der Waals surface area contributed by atoms with E-state index in [1.807, 2.05) is 32.0 Å². The van der Waals surface area contributed by atoms with E-state index in [0.29, 0.717) is 11.4 Å². The van der Waals surface area contributed by atoms with E-state index in [9.17, 15) is 9.90 Å². The highest BCUT2D eigenvalue weighted by molar-refractivity contribution is 6.10. The molecule has 0 aliphatic rings. The molecule has 0 aromatic heterocycles. The van der Waals surface area contributed by atoms with E-state index in [1.54, 1.807) is 24.3 Å². The van der Waals surface area contributed by atoms with Gasteiger partial charge in [-0.25, -0.2) is 4.79 Å². The number of carbonyl (C=O) groups is 1. The van der Waals surface area contributed by atoms with Crippen molar-refractivity contribution in [2.45, 2.75) is 13.8 Å². The third-order valence-corrected chi connectivity index (χ3v) is 3.29. The second-order valence-corrected chi connectivity index (χ2v) is 5.33. The summed E-state index contributed by atoms with van der Waals surface area (Å²) in [6, 6.07) is 13.6. The van der Waals surface area contributed by atoms with Gasteiger partial charge >= 0.3 is 5.97 Å². The molecule has 7 heteroatoms. The van der Waals surface area contributed by atoms with Gasteiger partial charge in [0.2, 0.25) is 5.71 Å². The fourth-order valence-electron chi connectivity index (χ4n) is 2.34. The third kappa shape index (κ3) is 4.34. The number of hydrogen-bond donors (Lipinski definition) is 3. The summed E-state index contributed by atoms with van der Waals surface area (Å²) in [5.41, 5.74) is 5.65. The van der Waals surface area contributed by atoms with E-state index in [4.69, 9.17) is 10.5 Å². The highest BCUT2D eigenvalue weighted by Crippen LogP contribution is 2.30. The molecule has 3 N–H and O–H groups in total. The van der Waals surface area contributed by atoms with Crippen LogP contribution in [0.1, 0.15) is 21.5 Å². The van der Waals surface area contributed by atoms with Crippen LogP contribution in [0.4, 0.5) is 17.1 Å². The number of aryl methyl sites for hydroxylation is 2. The van der Waals surface area contributed by atoms with Gasteiger partial charge in [0.05, 0.1) is 16.9 Å². The molecule has 2 aromatic rings. The Labute approximate surface area is 144 Å². The van der Waals surface area contributed by atoms with Crippen molar-refractivity contribution in [2.75, 3.05) is 10.7 Å². The largest absolute Gasteiger partial charge is 0.478 e. The van der Waals surface area contributed by atoms with E-state index >= 15 is 0 Å². The quantitative estimate of drug-likeness (QED) is 0.568. The van der Waals surface area contributed by atoms with Gasteiger partial charge in [0.15, 0.2) is 0 Å². The number of hydrazone groups is 1. The first kappa shape index (κ1) is 17.5. The molecule has 0 aliphatic carbocycles. The maximum Gasteiger partial charge on any atom is 0.337 e. The summed E-state index contributed by atoms with van der Waals surface area (Å²) in [6.07, 6.45) is 0. The minimum absolute atomic E-state index is 0.0369. The third-order valence-electron chi connectivity index (χ3n) is 3.29. The monoisotopic (exact) mass is 333 g/mol. The van der Waals surface area contributed by atoms with Crippen LogP contribution in [0.2, 0.25) is 0 Å². The summed E-state index contributed by atoms with van der Waals surface area (Å²) in [7, 11) is 0. The van der Waals surface area contributed by atoms with Gasteiger partial charge in [-0.1, -0.05) is 12.1 Å². The summed E-state index contributed by atoms with van der Waals surface area (Å²) in [5.74, 6) is -1.11. The van der Waals surface area contributed by atoms with Crippen LogP contribution in [0, 0.1) is 36.5 Å². The number of nitrogens with zero attached hydrogens (tertiary/aromatic N) is 3. The SMILES string of the molecule is Cc1cc(C)cc(Nc2c(NN=C(C#N)C#N)cccc2C(=O)O)c1. The number of benzene rings is 2. The lowest BCUT2D eigenvalue weighted by Crippen LogP contribution is -2.07. The molecule has 124 valence electrons. The molecule has 0 unspecified atom stereocenters. The summed E-state index contributed by atoms with van der Waals surface area (Å²) < 4.78 is 0. The van der Waals surface area contributed by atoms with Crippen LogP contribution < -0.4 is 10.7 Å². The number of aromatic carboxylic acids is 1. The fourth-order valence-corrected chi connectivity index (χ4v) is 2.34. The van der Waals surface area contributed by atoms with E-state index in [2.05, 4.69) is 15.8 Å². The Morgan fingerprint density at radius 3 is 2.32 bits per heavy atom. The van der Waals surface area contributed by atoms with E-state index < -0.39 is 5.97 Å². The van der Waals surface area contributed by atoms with Gasteiger partial charge in [0, 0.05) is 5.69 Å². The maximum atomic E-state index is 11.5. The van der Waals surface area contributed by atoms with E-state index in [1.165, 1.54) is 6.07 Å². The predicted octanol–water partition coefficient (Wildman–Crippen LogP) is 3.56. The number of carboxylic acid groups (broad SMARTS) is 1. The van der Waals surface area contributed by atoms with Crippen molar-refractivity contribution in [1.82, 2.24) is 0 Å². The molecule has 0 atom stereocenters. The summed E-state index contributed by atoms with van der Waals surface area (Å²) in [5, 5.41) is 33.7. The van der Waals surface area contributed by atoms with Crippen LogP contribution in [0.5, 0.6) is 0 Å². The zero-order valence-corrected chi connectivity index (χ0v) is 13.7. The molecular weight excluding hydrogens is 318 g/mol. The molecule has 7 nitrogen and oxygen atoms in total. The summed E-state index contributed by atoms with van der Waals surface area (Å²) in [6.45, 7) is 3.88. The predicted molar refractivity (Wildman–Crippen MR) is 94.9 cm³/mol. The molecule has 0 saturated carbocycles. The minimum atomic E-state index is -1.11. The Morgan fingerprint density at radius 1 is 1.12 bits per heavy atom. The van der Waals surface area contributed by atoms with Gasteiger partial charge in [-0.2, -0.15) is 15.6 Å². The van der Waals surface area contributed by atoms with Crippen LogP contribution in [-0.4, -0.2) is 16.8 Å². The average molecular weight is 333 g/mol. The van der Waals surface area contributed by atoms with E-state index in [0.717, 1.165) is 16.8 Å². The molecule has 0 spiro atoms. The lowest BCUT2D eigenvalue weighted by molar-refractivity contribution is 0.0698. The normalized spacial score (nSPS) is 9.44. The second kappa shape index (κ2) is 7.62. The summed E-state index contributed by atoms with van der Waals surface area (Å²) in [4.78, 5) is 11.5. The smallest absolute Gasteiger partial charge is 0.337 e. The zero-order chi connectivity index (χ0) is 18.4. The maximum absolute atomic E-state index is 11.5. The first-order valence-electron chi connectivity index (χ1n) is 7.30. The summed E-state index contributed by atoms with van der Waals surface area (Å²) >= 11 is 0. The molecule has 25 heavy (non-hydrogen) atoms. The molecule has 0 bridgehead atoms. The highest BCUT2D eigenvalue weighted by Gasteiger charge is 2.15. The number of nitrogens with one attached hydrogen (secondary N) is 2. The molecule has 2 rings (SSSR count). The van der Waals surface area contributed by atoms with Gasteiger partial charge in [-0.05, 0) is 49.2 Å².